The second kappa shape index (κ2) is 10.2. The van der Waals surface area contributed by atoms with Gasteiger partial charge in [-0.3, -0.25) is 15.6 Å². The lowest BCUT2D eigenvalue weighted by molar-refractivity contribution is 0.0289. The highest BCUT2D eigenvalue weighted by molar-refractivity contribution is 7.32. The molecular weight excluding hydrogens is 364 g/mol. The number of ether oxygens (including phenoxy) is 1. The Morgan fingerprint density at radius 3 is 2.62 bits per heavy atom. The molecule has 1 heterocycles. The lowest BCUT2D eigenvalue weighted by atomic mass is 10.1. The Labute approximate surface area is 154 Å². The van der Waals surface area contributed by atoms with Crippen LogP contribution in [0.3, 0.4) is 0 Å². The zero-order chi connectivity index (χ0) is 19.7. The molecule has 2 radical (unpaired) electrons. The molecule has 1 aliphatic rings. The fourth-order valence-electron chi connectivity index (χ4n) is 2.10. The number of carbonyl (C=O) groups is 3. The average Bonchev–Trinajstić information content (AvgIpc) is 2.97. The van der Waals surface area contributed by atoms with Gasteiger partial charge in [-0.2, -0.15) is 0 Å². The van der Waals surface area contributed by atoms with E-state index in [1.54, 1.807) is 25.7 Å². The van der Waals surface area contributed by atoms with Crippen molar-refractivity contribution in [2.24, 2.45) is 10.9 Å². The SMILES string of the molecule is [B]NPOC(=O)NC(=NC[C@H]1CCN(C(=O)OC(C)(C)C)C1)NC(=O)O. The zero-order valence-electron chi connectivity index (χ0n) is 14.9. The van der Waals surface area contributed by atoms with Crippen molar-refractivity contribution in [2.45, 2.75) is 32.8 Å². The van der Waals surface area contributed by atoms with Crippen LogP contribution in [-0.2, 0) is 9.26 Å². The summed E-state index contributed by atoms with van der Waals surface area (Å²) in [7, 11) is 4.49. The molecule has 1 saturated heterocycles. The van der Waals surface area contributed by atoms with Crippen molar-refractivity contribution in [1.29, 1.82) is 0 Å². The maximum atomic E-state index is 12.0. The van der Waals surface area contributed by atoms with Gasteiger partial charge in [-0.1, -0.05) is 0 Å². The van der Waals surface area contributed by atoms with Gasteiger partial charge in [0.1, 0.15) is 14.6 Å². The van der Waals surface area contributed by atoms with E-state index in [2.05, 4.69) is 19.8 Å². The van der Waals surface area contributed by atoms with Gasteiger partial charge in [0.2, 0.25) is 5.96 Å². The highest BCUT2D eigenvalue weighted by Gasteiger charge is 2.29. The van der Waals surface area contributed by atoms with Crippen LogP contribution < -0.4 is 15.6 Å². The molecule has 13 heteroatoms. The summed E-state index contributed by atoms with van der Waals surface area (Å²) in [4.78, 5) is 42.0. The minimum absolute atomic E-state index is 0.0125. The van der Waals surface area contributed by atoms with E-state index < -0.39 is 32.8 Å². The topological polar surface area (TPSA) is 142 Å². The number of nitrogens with one attached hydrogen (secondary N) is 3. The van der Waals surface area contributed by atoms with Crippen LogP contribution in [-0.4, -0.2) is 67.5 Å². The lowest BCUT2D eigenvalue weighted by Gasteiger charge is -2.24. The molecule has 1 unspecified atom stereocenters. The average molecular weight is 387 g/mol. The Morgan fingerprint density at radius 2 is 2.04 bits per heavy atom. The van der Waals surface area contributed by atoms with Gasteiger partial charge in [-0.25, -0.2) is 14.4 Å². The molecule has 26 heavy (non-hydrogen) atoms. The van der Waals surface area contributed by atoms with E-state index in [1.807, 2.05) is 5.32 Å². The summed E-state index contributed by atoms with van der Waals surface area (Å²) < 4.78 is 9.94. The molecule has 144 valence electrons. The number of hydrogen-bond acceptors (Lipinski definition) is 7. The second-order valence-electron chi connectivity index (χ2n) is 6.46. The molecule has 0 aromatic rings. The summed E-state index contributed by atoms with van der Waals surface area (Å²) in [6.07, 6.45) is -2.00. The van der Waals surface area contributed by atoms with Gasteiger partial charge in [0.05, 0.1) is 0 Å². The van der Waals surface area contributed by atoms with Crippen LogP contribution in [0.1, 0.15) is 27.2 Å². The number of rotatable bonds is 4. The Hall–Kier alpha value is -2.07. The fourth-order valence-corrected chi connectivity index (χ4v) is 2.31. The first-order valence-electron chi connectivity index (χ1n) is 7.81. The van der Waals surface area contributed by atoms with E-state index in [4.69, 9.17) is 17.8 Å². The van der Waals surface area contributed by atoms with Crippen molar-refractivity contribution in [3.8, 4) is 0 Å². The van der Waals surface area contributed by atoms with Crippen LogP contribution in [0.15, 0.2) is 4.99 Å². The van der Waals surface area contributed by atoms with E-state index >= 15 is 0 Å². The smallest absolute Gasteiger partial charge is 0.417 e. The molecule has 0 aliphatic carbocycles. The summed E-state index contributed by atoms with van der Waals surface area (Å²) >= 11 is 0. The minimum Gasteiger partial charge on any atom is -0.465 e. The van der Waals surface area contributed by atoms with Crippen LogP contribution >= 0.6 is 8.96 Å². The van der Waals surface area contributed by atoms with E-state index in [0.717, 1.165) is 0 Å². The third-order valence-electron chi connectivity index (χ3n) is 3.09. The summed E-state index contributed by atoms with van der Waals surface area (Å²) in [6.45, 7) is 6.54. The fraction of sp³-hybridized carbons (Fsp3) is 0.692. The van der Waals surface area contributed by atoms with Crippen LogP contribution in [0.5, 0.6) is 0 Å². The lowest BCUT2D eigenvalue weighted by Crippen LogP contribution is -2.43. The molecule has 4 N–H and O–H groups in total. The Bertz CT molecular complexity index is 556. The first-order valence-corrected chi connectivity index (χ1v) is 8.72. The predicted molar refractivity (Wildman–Crippen MR) is 96.2 cm³/mol. The normalized spacial score (nSPS) is 18.0. The van der Waals surface area contributed by atoms with Gasteiger partial charge in [0, 0.05) is 19.6 Å². The number of guanidine groups is 1. The first kappa shape index (κ1) is 22.0. The monoisotopic (exact) mass is 387 g/mol. The molecular formula is C13H23BN5O6P. The third kappa shape index (κ3) is 8.86. The molecule has 2 atom stereocenters. The van der Waals surface area contributed by atoms with Gasteiger partial charge < -0.3 is 24.3 Å². The zero-order valence-corrected chi connectivity index (χ0v) is 15.9. The Morgan fingerprint density at radius 1 is 1.35 bits per heavy atom. The summed E-state index contributed by atoms with van der Waals surface area (Å²) in [5.74, 6) is -0.251. The van der Waals surface area contributed by atoms with Crippen molar-refractivity contribution in [1.82, 2.24) is 20.5 Å². The van der Waals surface area contributed by atoms with Crippen molar-refractivity contribution in [2.75, 3.05) is 19.6 Å². The minimum atomic E-state index is -1.38. The summed E-state index contributed by atoms with van der Waals surface area (Å²) in [5.41, 5.74) is -0.574. The highest BCUT2D eigenvalue weighted by Crippen LogP contribution is 2.19. The molecule has 0 spiro atoms. The van der Waals surface area contributed by atoms with Gasteiger partial charge in [-0.05, 0) is 33.1 Å². The van der Waals surface area contributed by atoms with Crippen molar-refractivity contribution >= 4 is 41.2 Å². The molecule has 0 aromatic heterocycles. The molecule has 1 aliphatic heterocycles. The predicted octanol–water partition coefficient (Wildman–Crippen LogP) is 0.775. The molecule has 1 rings (SSSR count). The third-order valence-corrected chi connectivity index (χ3v) is 3.50. The molecule has 3 amide bonds. The summed E-state index contributed by atoms with van der Waals surface area (Å²) in [5, 5.41) is 13.0. The number of nitrogens with zero attached hydrogens (tertiary/aromatic N) is 2. The number of carboxylic acid groups (broad SMARTS) is 1. The molecule has 0 aromatic carbocycles. The van der Waals surface area contributed by atoms with E-state index in [0.29, 0.717) is 19.5 Å². The first-order chi connectivity index (χ1) is 12.1. The number of carbonyl (C=O) groups excluding carboxylic acids is 2. The van der Waals surface area contributed by atoms with Crippen molar-refractivity contribution in [3.05, 3.63) is 0 Å². The molecule has 0 saturated carbocycles. The number of hydrogen-bond donors (Lipinski definition) is 4. The number of aliphatic imine (C=N–C) groups is 1. The number of likely N-dealkylation sites (tertiary alicyclic amines) is 1. The van der Waals surface area contributed by atoms with Crippen LogP contribution in [0.25, 0.3) is 0 Å². The highest BCUT2D eigenvalue weighted by atomic mass is 31.1. The Kier molecular flexibility index (Phi) is 8.60. The van der Waals surface area contributed by atoms with Crippen LogP contribution in [0.2, 0.25) is 0 Å². The number of amides is 3. The Balaban J connectivity index is 2.57. The van der Waals surface area contributed by atoms with Gasteiger partial charge in [0.15, 0.2) is 7.98 Å². The van der Waals surface area contributed by atoms with Crippen molar-refractivity contribution in [3.63, 3.8) is 0 Å². The molecule has 0 bridgehead atoms. The van der Waals surface area contributed by atoms with Gasteiger partial charge in [-0.15, -0.1) is 0 Å². The molecule has 1 fully saturated rings. The maximum absolute atomic E-state index is 12.0. The van der Waals surface area contributed by atoms with E-state index in [-0.39, 0.29) is 18.4 Å². The van der Waals surface area contributed by atoms with E-state index in [9.17, 15) is 14.4 Å². The van der Waals surface area contributed by atoms with Gasteiger partial charge >= 0.3 is 18.3 Å². The quantitative estimate of drug-likeness (QED) is 0.242. The van der Waals surface area contributed by atoms with Crippen molar-refractivity contribution < 1.29 is 28.8 Å². The van der Waals surface area contributed by atoms with E-state index in [1.165, 1.54) is 0 Å². The maximum Gasteiger partial charge on any atom is 0.417 e. The van der Waals surface area contributed by atoms with Crippen LogP contribution in [0, 0.1) is 5.92 Å². The standard InChI is InChI=1S/C13H23BN5O6P/c1-13(2,3)24-12(23)19-5-4-8(7-19)6-15-9(16-10(20)21)17-11(22)25-26-18-14/h8,18,26H,4-7H2,1-3H3,(H,20,21)(H2,15,16,17,22)/t8-/m1/s1. The summed E-state index contributed by atoms with van der Waals surface area (Å²) in [6, 6.07) is 0. The largest absolute Gasteiger partial charge is 0.465 e. The van der Waals surface area contributed by atoms with Crippen LogP contribution in [0.4, 0.5) is 14.4 Å². The van der Waals surface area contributed by atoms with Gasteiger partial charge in [0.25, 0.3) is 0 Å². The molecule has 11 nitrogen and oxygen atoms in total. The second-order valence-corrected chi connectivity index (χ2v) is 7.16.